The maximum atomic E-state index is 12.4. The summed E-state index contributed by atoms with van der Waals surface area (Å²) in [6.45, 7) is 7.92. The molecule has 1 fully saturated rings. The van der Waals surface area contributed by atoms with E-state index in [2.05, 4.69) is 0 Å². The van der Waals surface area contributed by atoms with E-state index >= 15 is 0 Å². The van der Waals surface area contributed by atoms with Crippen LogP contribution in [0.25, 0.3) is 0 Å². The topological polar surface area (TPSA) is 99.2 Å². The van der Waals surface area contributed by atoms with Crippen molar-refractivity contribution in [2.45, 2.75) is 52.6 Å². The molecule has 146 valence electrons. The first-order valence-corrected chi connectivity index (χ1v) is 10.2. The smallest absolute Gasteiger partial charge is 0.410 e. The molecule has 0 unspecified atom stereocenters. The van der Waals surface area contributed by atoms with Crippen LogP contribution in [0.1, 0.15) is 47.0 Å². The normalized spacial score (nSPS) is 17.9. The second-order valence-corrected chi connectivity index (χ2v) is 8.89. The lowest BCUT2D eigenvalue weighted by Gasteiger charge is -2.40. The molecule has 1 amide bonds. The standard InChI is InChI=1S/C16H29NO7S/c1-6-22-13(18)16(9-12-23-25(5,20)21)7-10-17(11-8-16)14(19)24-15(2,3)4/h6-12H2,1-5H3. The zero-order valence-corrected chi connectivity index (χ0v) is 16.5. The van der Waals surface area contributed by atoms with E-state index in [4.69, 9.17) is 13.7 Å². The Kier molecular flexibility index (Phi) is 7.25. The molecular weight excluding hydrogens is 350 g/mol. The molecule has 0 aromatic heterocycles. The first-order valence-electron chi connectivity index (χ1n) is 8.38. The van der Waals surface area contributed by atoms with Gasteiger partial charge in [0, 0.05) is 13.1 Å². The van der Waals surface area contributed by atoms with Gasteiger partial charge in [-0.25, -0.2) is 4.79 Å². The van der Waals surface area contributed by atoms with E-state index in [-0.39, 0.29) is 25.6 Å². The molecule has 0 saturated carbocycles. The van der Waals surface area contributed by atoms with E-state index < -0.39 is 27.2 Å². The van der Waals surface area contributed by atoms with Gasteiger partial charge in [-0.05, 0) is 47.0 Å². The molecule has 0 aliphatic carbocycles. The Balaban J connectivity index is 2.74. The molecule has 1 aliphatic heterocycles. The van der Waals surface area contributed by atoms with Crippen molar-refractivity contribution in [3.63, 3.8) is 0 Å². The predicted octanol–water partition coefficient (Wildman–Crippen LogP) is 1.93. The zero-order valence-electron chi connectivity index (χ0n) is 15.7. The fourth-order valence-corrected chi connectivity index (χ4v) is 3.06. The summed E-state index contributed by atoms with van der Waals surface area (Å²) in [5, 5.41) is 0. The fourth-order valence-electron chi connectivity index (χ4n) is 2.67. The summed E-state index contributed by atoms with van der Waals surface area (Å²) in [6.07, 6.45) is 1.52. The molecule has 0 bridgehead atoms. The van der Waals surface area contributed by atoms with E-state index in [9.17, 15) is 18.0 Å². The number of hydrogen-bond acceptors (Lipinski definition) is 7. The van der Waals surface area contributed by atoms with Crippen LogP contribution in [0.15, 0.2) is 0 Å². The van der Waals surface area contributed by atoms with Crippen LogP contribution in [0.2, 0.25) is 0 Å². The van der Waals surface area contributed by atoms with E-state index in [0.717, 1.165) is 6.26 Å². The Morgan fingerprint density at radius 1 is 1.16 bits per heavy atom. The molecule has 0 N–H and O–H groups in total. The van der Waals surface area contributed by atoms with Gasteiger partial charge in [-0.2, -0.15) is 8.42 Å². The lowest BCUT2D eigenvalue weighted by Crippen LogP contribution is -2.48. The van der Waals surface area contributed by atoms with Crippen molar-refractivity contribution >= 4 is 22.2 Å². The minimum Gasteiger partial charge on any atom is -0.466 e. The van der Waals surface area contributed by atoms with Gasteiger partial charge in [-0.15, -0.1) is 0 Å². The molecule has 1 aliphatic rings. The highest BCUT2D eigenvalue weighted by atomic mass is 32.2. The van der Waals surface area contributed by atoms with Crippen LogP contribution in [0.3, 0.4) is 0 Å². The lowest BCUT2D eigenvalue weighted by atomic mass is 9.76. The minimum absolute atomic E-state index is 0.0932. The highest BCUT2D eigenvalue weighted by Gasteiger charge is 2.44. The molecular formula is C16H29NO7S. The van der Waals surface area contributed by atoms with Crippen LogP contribution in [-0.2, 0) is 28.6 Å². The summed E-state index contributed by atoms with van der Waals surface area (Å²) in [4.78, 5) is 26.1. The van der Waals surface area contributed by atoms with Gasteiger partial charge in [0.25, 0.3) is 10.1 Å². The van der Waals surface area contributed by atoms with Crippen LogP contribution in [0.5, 0.6) is 0 Å². The van der Waals surface area contributed by atoms with E-state index in [1.807, 2.05) is 0 Å². The second-order valence-electron chi connectivity index (χ2n) is 7.24. The lowest BCUT2D eigenvalue weighted by molar-refractivity contribution is -0.159. The van der Waals surface area contributed by atoms with Crippen LogP contribution in [-0.4, -0.2) is 63.5 Å². The first-order chi connectivity index (χ1) is 11.4. The number of carbonyl (C=O) groups is 2. The monoisotopic (exact) mass is 379 g/mol. The number of nitrogens with zero attached hydrogens (tertiary/aromatic N) is 1. The molecule has 0 radical (unpaired) electrons. The van der Waals surface area contributed by atoms with Crippen molar-refractivity contribution < 1.29 is 31.7 Å². The molecule has 8 nitrogen and oxygen atoms in total. The van der Waals surface area contributed by atoms with Gasteiger partial charge < -0.3 is 14.4 Å². The number of likely N-dealkylation sites (tertiary alicyclic amines) is 1. The maximum Gasteiger partial charge on any atom is 0.410 e. The Morgan fingerprint density at radius 3 is 2.16 bits per heavy atom. The summed E-state index contributed by atoms with van der Waals surface area (Å²) in [5.74, 6) is -0.379. The van der Waals surface area contributed by atoms with Crippen molar-refractivity contribution in [1.82, 2.24) is 4.90 Å². The minimum atomic E-state index is -3.57. The number of esters is 1. The van der Waals surface area contributed by atoms with Crippen molar-refractivity contribution in [3.8, 4) is 0 Å². The Labute approximate surface area is 149 Å². The first kappa shape index (κ1) is 21.7. The molecule has 0 aromatic rings. The van der Waals surface area contributed by atoms with Gasteiger partial charge in [0.1, 0.15) is 5.60 Å². The average Bonchev–Trinajstić information content (AvgIpc) is 2.45. The van der Waals surface area contributed by atoms with Gasteiger partial charge in [0.2, 0.25) is 0 Å². The number of piperidine rings is 1. The quantitative estimate of drug-likeness (QED) is 0.513. The van der Waals surface area contributed by atoms with Crippen LogP contribution in [0, 0.1) is 5.41 Å². The molecule has 9 heteroatoms. The summed E-state index contributed by atoms with van der Waals surface area (Å²) < 4.78 is 37.6. The van der Waals surface area contributed by atoms with E-state index in [1.165, 1.54) is 0 Å². The van der Waals surface area contributed by atoms with Gasteiger partial charge in [-0.3, -0.25) is 8.98 Å². The molecule has 0 spiro atoms. The van der Waals surface area contributed by atoms with E-state index in [0.29, 0.717) is 25.9 Å². The summed E-state index contributed by atoms with van der Waals surface area (Å²) >= 11 is 0. The van der Waals surface area contributed by atoms with Crippen molar-refractivity contribution in [2.24, 2.45) is 5.41 Å². The van der Waals surface area contributed by atoms with Gasteiger partial charge in [0.05, 0.1) is 24.9 Å². The van der Waals surface area contributed by atoms with E-state index in [1.54, 1.807) is 32.6 Å². The molecule has 1 heterocycles. The number of amides is 1. The van der Waals surface area contributed by atoms with Crippen LogP contribution in [0.4, 0.5) is 4.79 Å². The number of rotatable bonds is 6. The largest absolute Gasteiger partial charge is 0.466 e. The molecule has 0 aromatic carbocycles. The SMILES string of the molecule is CCOC(=O)C1(CCOS(C)(=O)=O)CCN(C(=O)OC(C)(C)C)CC1. The van der Waals surface area contributed by atoms with Crippen molar-refractivity contribution in [3.05, 3.63) is 0 Å². The fraction of sp³-hybridized carbons (Fsp3) is 0.875. The average molecular weight is 379 g/mol. The third-order valence-corrected chi connectivity index (χ3v) is 4.55. The van der Waals surface area contributed by atoms with Crippen molar-refractivity contribution in [1.29, 1.82) is 0 Å². The van der Waals surface area contributed by atoms with Gasteiger partial charge >= 0.3 is 12.1 Å². The van der Waals surface area contributed by atoms with Crippen LogP contribution >= 0.6 is 0 Å². The number of hydrogen-bond donors (Lipinski definition) is 0. The Hall–Kier alpha value is -1.35. The summed E-state index contributed by atoms with van der Waals surface area (Å²) in [6, 6.07) is 0. The number of ether oxygens (including phenoxy) is 2. The third kappa shape index (κ3) is 7.19. The maximum absolute atomic E-state index is 12.4. The third-order valence-electron chi connectivity index (χ3n) is 3.96. The molecule has 25 heavy (non-hydrogen) atoms. The highest BCUT2D eigenvalue weighted by molar-refractivity contribution is 7.85. The molecule has 1 saturated heterocycles. The summed E-state index contributed by atoms with van der Waals surface area (Å²) in [5.41, 5.74) is -1.44. The van der Waals surface area contributed by atoms with Crippen LogP contribution < -0.4 is 0 Å². The second kappa shape index (κ2) is 8.35. The van der Waals surface area contributed by atoms with Crippen molar-refractivity contribution in [2.75, 3.05) is 32.6 Å². The van der Waals surface area contributed by atoms with Gasteiger partial charge in [0.15, 0.2) is 0 Å². The van der Waals surface area contributed by atoms with Gasteiger partial charge in [-0.1, -0.05) is 0 Å². The molecule has 0 atom stereocenters. The zero-order chi connectivity index (χ0) is 19.3. The highest BCUT2D eigenvalue weighted by Crippen LogP contribution is 2.37. The predicted molar refractivity (Wildman–Crippen MR) is 91.5 cm³/mol. The molecule has 1 rings (SSSR count). The Morgan fingerprint density at radius 2 is 1.72 bits per heavy atom. The summed E-state index contributed by atoms with van der Waals surface area (Å²) in [7, 11) is -3.57. The number of carbonyl (C=O) groups excluding carboxylic acids is 2. The Bertz CT molecular complexity index is 572.